The van der Waals surface area contributed by atoms with E-state index in [1.54, 1.807) is 29.4 Å². The molecule has 148 valence electrons. The molecule has 9 heteroatoms. The molecule has 2 aliphatic heterocycles. The normalized spacial score (nSPS) is 25.8. The number of nitrogens with zero attached hydrogens (tertiary/aromatic N) is 4. The molecule has 2 fully saturated rings. The number of carbonyl (C=O) groups excluding carboxylic acids is 1. The van der Waals surface area contributed by atoms with E-state index in [0.29, 0.717) is 39.3 Å². The van der Waals surface area contributed by atoms with Gasteiger partial charge in [-0.3, -0.25) is 9.78 Å². The number of ether oxygens (including phenoxy) is 1. The zero-order valence-corrected chi connectivity index (χ0v) is 16.5. The van der Waals surface area contributed by atoms with Crippen LogP contribution in [0.3, 0.4) is 0 Å². The van der Waals surface area contributed by atoms with Crippen molar-refractivity contribution < 1.29 is 17.9 Å². The third kappa shape index (κ3) is 4.92. The van der Waals surface area contributed by atoms with E-state index in [-0.39, 0.29) is 18.1 Å². The number of hydrogen-bond donors (Lipinski definition) is 0. The van der Waals surface area contributed by atoms with Gasteiger partial charge in [-0.1, -0.05) is 6.07 Å². The molecule has 3 heterocycles. The molecule has 2 atom stereocenters. The van der Waals surface area contributed by atoms with Gasteiger partial charge in [0.05, 0.1) is 12.2 Å². The van der Waals surface area contributed by atoms with E-state index in [9.17, 15) is 13.2 Å². The zero-order chi connectivity index (χ0) is 19.4. The summed E-state index contributed by atoms with van der Waals surface area (Å²) in [5.41, 5.74) is 0.850. The van der Waals surface area contributed by atoms with E-state index in [4.69, 9.17) is 4.74 Å². The Hall–Kier alpha value is -1.81. The first-order valence-electron chi connectivity index (χ1n) is 9.14. The second-order valence-electron chi connectivity index (χ2n) is 6.93. The van der Waals surface area contributed by atoms with Gasteiger partial charge in [0.2, 0.25) is 5.91 Å². The molecule has 0 aromatic carbocycles. The van der Waals surface area contributed by atoms with Gasteiger partial charge >= 0.3 is 0 Å². The van der Waals surface area contributed by atoms with E-state index in [1.165, 1.54) is 14.7 Å². The molecule has 2 aliphatic rings. The van der Waals surface area contributed by atoms with Gasteiger partial charge in [0.1, 0.15) is 0 Å². The minimum absolute atomic E-state index is 0.121. The second kappa shape index (κ2) is 8.47. The molecule has 0 radical (unpaired) electrons. The van der Waals surface area contributed by atoms with Crippen LogP contribution >= 0.6 is 0 Å². The highest BCUT2D eigenvalue weighted by Gasteiger charge is 2.37. The number of carbonyl (C=O) groups is 1. The van der Waals surface area contributed by atoms with Crippen molar-refractivity contribution in [2.45, 2.75) is 26.1 Å². The Morgan fingerprint density at radius 3 is 2.41 bits per heavy atom. The third-order valence-corrected chi connectivity index (χ3v) is 6.66. The molecule has 27 heavy (non-hydrogen) atoms. The SMILES string of the molecule is CC1CN(S(=O)(=O)N2CCN(C(=O)C=Cc3cccnc3)CC2)CC(C)O1. The minimum Gasteiger partial charge on any atom is -0.373 e. The maximum atomic E-state index is 12.9. The summed E-state index contributed by atoms with van der Waals surface area (Å²) in [5, 5.41) is 0. The number of pyridine rings is 1. The van der Waals surface area contributed by atoms with Crippen LogP contribution in [0.5, 0.6) is 0 Å². The number of amides is 1. The molecule has 1 aromatic heterocycles. The lowest BCUT2D eigenvalue weighted by molar-refractivity contribution is -0.127. The maximum Gasteiger partial charge on any atom is 0.282 e. The summed E-state index contributed by atoms with van der Waals surface area (Å²) in [5.74, 6) is -0.121. The molecular formula is C18H26N4O4S. The molecule has 0 N–H and O–H groups in total. The first-order chi connectivity index (χ1) is 12.9. The van der Waals surface area contributed by atoms with Gasteiger partial charge in [0.15, 0.2) is 0 Å². The molecule has 1 aromatic rings. The Balaban J connectivity index is 1.56. The van der Waals surface area contributed by atoms with Crippen molar-refractivity contribution in [3.05, 3.63) is 36.2 Å². The fourth-order valence-corrected chi connectivity index (χ4v) is 5.12. The van der Waals surface area contributed by atoms with Crippen LogP contribution < -0.4 is 0 Å². The van der Waals surface area contributed by atoms with Gasteiger partial charge in [0.25, 0.3) is 10.2 Å². The average Bonchev–Trinajstić information content (AvgIpc) is 2.66. The van der Waals surface area contributed by atoms with Crippen LogP contribution in [0, 0.1) is 0 Å². The van der Waals surface area contributed by atoms with Crippen molar-refractivity contribution in [3.63, 3.8) is 0 Å². The first-order valence-corrected chi connectivity index (χ1v) is 10.5. The van der Waals surface area contributed by atoms with Crippen LogP contribution in [0.4, 0.5) is 0 Å². The van der Waals surface area contributed by atoms with Crippen LogP contribution in [0.2, 0.25) is 0 Å². The largest absolute Gasteiger partial charge is 0.373 e. The number of rotatable bonds is 4. The minimum atomic E-state index is -3.53. The standard InChI is InChI=1S/C18H26N4O4S/c1-15-13-22(14-16(2)26-15)27(24,25)21-10-8-20(9-11-21)18(23)6-5-17-4-3-7-19-12-17/h3-7,12,15-16H,8-11,13-14H2,1-2H3. The lowest BCUT2D eigenvalue weighted by atomic mass is 10.2. The van der Waals surface area contributed by atoms with Crippen LogP contribution in [0.15, 0.2) is 30.6 Å². The van der Waals surface area contributed by atoms with Crippen molar-refractivity contribution in [1.29, 1.82) is 0 Å². The van der Waals surface area contributed by atoms with Gasteiger partial charge in [0, 0.05) is 57.7 Å². The summed E-state index contributed by atoms with van der Waals surface area (Å²) < 4.78 is 34.4. The Kier molecular flexibility index (Phi) is 6.25. The van der Waals surface area contributed by atoms with Crippen LogP contribution in [-0.2, 0) is 19.7 Å². The highest BCUT2D eigenvalue weighted by Crippen LogP contribution is 2.19. The van der Waals surface area contributed by atoms with E-state index in [2.05, 4.69) is 4.98 Å². The molecule has 1 amide bonds. The van der Waals surface area contributed by atoms with Crippen molar-refractivity contribution in [1.82, 2.24) is 18.5 Å². The second-order valence-corrected chi connectivity index (χ2v) is 8.85. The molecule has 3 rings (SSSR count). The van der Waals surface area contributed by atoms with Crippen LogP contribution in [0.25, 0.3) is 6.08 Å². The highest BCUT2D eigenvalue weighted by molar-refractivity contribution is 7.86. The number of aromatic nitrogens is 1. The molecule has 2 saturated heterocycles. The summed E-state index contributed by atoms with van der Waals surface area (Å²) in [6.07, 6.45) is 6.34. The van der Waals surface area contributed by atoms with Gasteiger partial charge in [-0.25, -0.2) is 0 Å². The lowest BCUT2D eigenvalue weighted by Crippen LogP contribution is -2.57. The fourth-order valence-electron chi connectivity index (χ4n) is 3.37. The Labute approximate surface area is 160 Å². The highest BCUT2D eigenvalue weighted by atomic mass is 32.2. The quantitative estimate of drug-likeness (QED) is 0.698. The van der Waals surface area contributed by atoms with Gasteiger partial charge in [-0.2, -0.15) is 17.0 Å². The van der Waals surface area contributed by atoms with Crippen molar-refractivity contribution in [3.8, 4) is 0 Å². The van der Waals surface area contributed by atoms with Crippen molar-refractivity contribution in [2.75, 3.05) is 39.3 Å². The first kappa shape index (κ1) is 19.9. The van der Waals surface area contributed by atoms with Crippen LogP contribution in [-0.4, -0.2) is 84.3 Å². The Morgan fingerprint density at radius 1 is 1.15 bits per heavy atom. The summed E-state index contributed by atoms with van der Waals surface area (Å²) >= 11 is 0. The van der Waals surface area contributed by atoms with Crippen molar-refractivity contribution >= 4 is 22.2 Å². The predicted octanol–water partition coefficient (Wildman–Crippen LogP) is 0.593. The number of piperazine rings is 1. The van der Waals surface area contributed by atoms with E-state index in [1.807, 2.05) is 19.9 Å². The monoisotopic (exact) mass is 394 g/mol. The van der Waals surface area contributed by atoms with Gasteiger partial charge in [-0.05, 0) is 31.6 Å². The van der Waals surface area contributed by atoms with E-state index in [0.717, 1.165) is 5.56 Å². The molecule has 0 spiro atoms. The van der Waals surface area contributed by atoms with E-state index < -0.39 is 10.2 Å². The fraction of sp³-hybridized carbons (Fsp3) is 0.556. The summed E-state index contributed by atoms with van der Waals surface area (Å²) in [7, 11) is -3.53. The Bertz CT molecular complexity index is 766. The number of morpholine rings is 1. The third-order valence-electron chi connectivity index (χ3n) is 4.69. The lowest BCUT2D eigenvalue weighted by Gasteiger charge is -2.40. The molecule has 0 saturated carbocycles. The Morgan fingerprint density at radius 2 is 1.81 bits per heavy atom. The summed E-state index contributed by atoms with van der Waals surface area (Å²) in [6, 6.07) is 3.67. The summed E-state index contributed by atoms with van der Waals surface area (Å²) in [4.78, 5) is 18.0. The number of hydrogen-bond acceptors (Lipinski definition) is 5. The molecular weight excluding hydrogens is 368 g/mol. The summed E-state index contributed by atoms with van der Waals surface area (Å²) in [6.45, 7) is 5.84. The molecule has 0 bridgehead atoms. The van der Waals surface area contributed by atoms with E-state index >= 15 is 0 Å². The van der Waals surface area contributed by atoms with Gasteiger partial charge in [-0.15, -0.1) is 0 Å². The molecule has 2 unspecified atom stereocenters. The molecule has 0 aliphatic carbocycles. The maximum absolute atomic E-state index is 12.9. The predicted molar refractivity (Wildman–Crippen MR) is 102 cm³/mol. The topological polar surface area (TPSA) is 83.1 Å². The van der Waals surface area contributed by atoms with Gasteiger partial charge < -0.3 is 9.64 Å². The van der Waals surface area contributed by atoms with Crippen molar-refractivity contribution in [2.24, 2.45) is 0 Å². The average molecular weight is 394 g/mol. The molecule has 8 nitrogen and oxygen atoms in total. The van der Waals surface area contributed by atoms with Crippen LogP contribution in [0.1, 0.15) is 19.4 Å². The smallest absolute Gasteiger partial charge is 0.282 e. The zero-order valence-electron chi connectivity index (χ0n) is 15.7.